The van der Waals surface area contributed by atoms with Gasteiger partial charge in [-0.15, -0.1) is 0 Å². The summed E-state index contributed by atoms with van der Waals surface area (Å²) >= 11 is 0. The summed E-state index contributed by atoms with van der Waals surface area (Å²) in [5.41, 5.74) is 19.3. The van der Waals surface area contributed by atoms with Gasteiger partial charge < -0.3 is 5.73 Å². The molecule has 0 aliphatic rings. The molecule has 0 saturated carbocycles. The van der Waals surface area contributed by atoms with Crippen LogP contribution in [0.5, 0.6) is 0 Å². The summed E-state index contributed by atoms with van der Waals surface area (Å²) in [5.74, 6) is 0. The summed E-state index contributed by atoms with van der Waals surface area (Å²) in [5, 5.41) is 0. The van der Waals surface area contributed by atoms with Crippen LogP contribution in [-0.2, 0) is 0 Å². The van der Waals surface area contributed by atoms with Crippen LogP contribution in [0.4, 0.5) is 5.69 Å². The largest absolute Gasteiger partial charge is 0.398 e. The minimum absolute atomic E-state index is 0.789. The lowest BCUT2D eigenvalue weighted by Crippen LogP contribution is -1.98. The molecule has 0 bridgehead atoms. The maximum absolute atomic E-state index is 7.08. The second-order valence-electron chi connectivity index (χ2n) is 9.14. The van der Waals surface area contributed by atoms with Crippen molar-refractivity contribution in [1.82, 2.24) is 0 Å². The fourth-order valence-electron chi connectivity index (χ4n) is 5.17. The zero-order chi connectivity index (χ0) is 25.0. The van der Waals surface area contributed by atoms with Gasteiger partial charge in [-0.2, -0.15) is 0 Å². The van der Waals surface area contributed by atoms with Crippen LogP contribution >= 0.6 is 0 Å². The van der Waals surface area contributed by atoms with Gasteiger partial charge in [-0.3, -0.25) is 0 Å². The van der Waals surface area contributed by atoms with E-state index in [0.29, 0.717) is 0 Å². The van der Waals surface area contributed by atoms with E-state index in [9.17, 15) is 0 Å². The van der Waals surface area contributed by atoms with Crippen LogP contribution in [0.15, 0.2) is 152 Å². The number of benzene rings is 6. The molecule has 0 atom stereocenters. The molecule has 0 saturated heterocycles. The van der Waals surface area contributed by atoms with Crippen molar-refractivity contribution < 1.29 is 0 Å². The highest BCUT2D eigenvalue weighted by atomic mass is 14.6. The molecule has 0 spiro atoms. The van der Waals surface area contributed by atoms with Crippen LogP contribution in [0.1, 0.15) is 0 Å². The smallest absolute Gasteiger partial charge is 0.0479 e. The lowest BCUT2D eigenvalue weighted by molar-refractivity contribution is 1.54. The molecular formula is C36H27N. The first kappa shape index (κ1) is 22.6. The third-order valence-corrected chi connectivity index (χ3v) is 6.91. The molecule has 0 fully saturated rings. The van der Waals surface area contributed by atoms with E-state index in [1.165, 1.54) is 22.3 Å². The lowest BCUT2D eigenvalue weighted by atomic mass is 9.85. The molecule has 37 heavy (non-hydrogen) atoms. The van der Waals surface area contributed by atoms with Crippen LogP contribution in [0, 0.1) is 0 Å². The van der Waals surface area contributed by atoms with E-state index in [-0.39, 0.29) is 0 Å². The number of rotatable bonds is 5. The number of anilines is 1. The molecule has 6 aromatic rings. The molecule has 0 aliphatic heterocycles. The standard InChI is InChI=1S/C36H27N/c37-36-34(25-24-30(27-16-6-2-7-17-27)35(36)28-18-8-3-9-19-28)33-23-13-12-22-32(33)31-21-11-10-20-29(31)26-14-4-1-5-15-26/h1-25H,37H2. The molecule has 0 aromatic heterocycles. The second kappa shape index (κ2) is 10.0. The number of hydrogen-bond acceptors (Lipinski definition) is 1. The van der Waals surface area contributed by atoms with Crippen molar-refractivity contribution in [2.45, 2.75) is 0 Å². The Balaban J connectivity index is 1.59. The maximum atomic E-state index is 7.08. The average molecular weight is 474 g/mol. The summed E-state index contributed by atoms with van der Waals surface area (Å²) in [6, 6.07) is 53.1. The normalized spacial score (nSPS) is 10.8. The predicted octanol–water partition coefficient (Wildman–Crippen LogP) is 9.60. The summed E-state index contributed by atoms with van der Waals surface area (Å²) in [6.45, 7) is 0. The zero-order valence-corrected chi connectivity index (χ0v) is 20.5. The van der Waals surface area contributed by atoms with E-state index >= 15 is 0 Å². The Kier molecular flexibility index (Phi) is 6.10. The molecule has 0 unspecified atom stereocenters. The number of nitrogen functional groups attached to an aromatic ring is 1. The van der Waals surface area contributed by atoms with Gasteiger partial charge in [0.15, 0.2) is 0 Å². The molecule has 2 N–H and O–H groups in total. The molecule has 0 aliphatic carbocycles. The summed E-state index contributed by atoms with van der Waals surface area (Å²) in [4.78, 5) is 0. The van der Waals surface area contributed by atoms with Gasteiger partial charge in [0.1, 0.15) is 0 Å². The van der Waals surface area contributed by atoms with Crippen LogP contribution < -0.4 is 5.73 Å². The van der Waals surface area contributed by atoms with Crippen LogP contribution in [0.2, 0.25) is 0 Å². The van der Waals surface area contributed by atoms with Gasteiger partial charge in [0.05, 0.1) is 0 Å². The summed E-state index contributed by atoms with van der Waals surface area (Å²) in [6.07, 6.45) is 0. The molecule has 1 heteroatoms. The van der Waals surface area contributed by atoms with Gasteiger partial charge in [0.2, 0.25) is 0 Å². The van der Waals surface area contributed by atoms with E-state index in [0.717, 1.165) is 39.1 Å². The van der Waals surface area contributed by atoms with Crippen molar-refractivity contribution in [1.29, 1.82) is 0 Å². The predicted molar refractivity (Wildman–Crippen MR) is 158 cm³/mol. The zero-order valence-electron chi connectivity index (χ0n) is 20.5. The van der Waals surface area contributed by atoms with Crippen molar-refractivity contribution in [3.05, 3.63) is 152 Å². The Morgan fingerprint density at radius 1 is 0.270 bits per heavy atom. The number of hydrogen-bond donors (Lipinski definition) is 1. The first-order valence-electron chi connectivity index (χ1n) is 12.6. The molecule has 6 rings (SSSR count). The van der Waals surface area contributed by atoms with Crippen LogP contribution in [0.3, 0.4) is 0 Å². The topological polar surface area (TPSA) is 26.0 Å². The summed E-state index contributed by atoms with van der Waals surface area (Å²) in [7, 11) is 0. The monoisotopic (exact) mass is 473 g/mol. The molecular weight excluding hydrogens is 446 g/mol. The molecule has 176 valence electrons. The Morgan fingerprint density at radius 2 is 0.622 bits per heavy atom. The minimum Gasteiger partial charge on any atom is -0.398 e. The van der Waals surface area contributed by atoms with Gasteiger partial charge in [-0.05, 0) is 44.5 Å². The Labute approximate surface area is 218 Å². The first-order chi connectivity index (χ1) is 18.3. The van der Waals surface area contributed by atoms with Crippen molar-refractivity contribution in [3.8, 4) is 55.6 Å². The Morgan fingerprint density at radius 3 is 1.16 bits per heavy atom. The molecule has 0 heterocycles. The van der Waals surface area contributed by atoms with Crippen LogP contribution in [-0.4, -0.2) is 0 Å². The highest BCUT2D eigenvalue weighted by Gasteiger charge is 2.18. The van der Waals surface area contributed by atoms with E-state index < -0.39 is 0 Å². The highest BCUT2D eigenvalue weighted by molar-refractivity contribution is 6.01. The first-order valence-corrected chi connectivity index (χ1v) is 12.6. The Bertz CT molecular complexity index is 1650. The fraction of sp³-hybridized carbons (Fsp3) is 0. The lowest BCUT2D eigenvalue weighted by Gasteiger charge is -2.20. The second-order valence-corrected chi connectivity index (χ2v) is 9.14. The number of nitrogens with two attached hydrogens (primary N) is 1. The summed E-state index contributed by atoms with van der Waals surface area (Å²) < 4.78 is 0. The van der Waals surface area contributed by atoms with Gasteiger partial charge in [-0.1, -0.05) is 152 Å². The van der Waals surface area contributed by atoms with Crippen molar-refractivity contribution in [2.75, 3.05) is 5.73 Å². The maximum Gasteiger partial charge on any atom is 0.0479 e. The van der Waals surface area contributed by atoms with Gasteiger partial charge >= 0.3 is 0 Å². The molecule has 6 aromatic carbocycles. The fourth-order valence-corrected chi connectivity index (χ4v) is 5.17. The average Bonchev–Trinajstić information content (AvgIpc) is 2.98. The van der Waals surface area contributed by atoms with Gasteiger partial charge in [0.25, 0.3) is 0 Å². The molecule has 0 radical (unpaired) electrons. The third kappa shape index (κ3) is 4.32. The minimum atomic E-state index is 0.789. The third-order valence-electron chi connectivity index (χ3n) is 6.91. The quantitative estimate of drug-likeness (QED) is 0.248. The highest BCUT2D eigenvalue weighted by Crippen LogP contribution is 2.45. The van der Waals surface area contributed by atoms with Crippen molar-refractivity contribution in [2.24, 2.45) is 0 Å². The van der Waals surface area contributed by atoms with E-state index in [4.69, 9.17) is 5.73 Å². The molecule has 1 nitrogen and oxygen atoms in total. The van der Waals surface area contributed by atoms with Gasteiger partial charge in [-0.25, -0.2) is 0 Å². The molecule has 0 amide bonds. The van der Waals surface area contributed by atoms with E-state index in [1.54, 1.807) is 0 Å². The van der Waals surface area contributed by atoms with Crippen molar-refractivity contribution >= 4 is 5.69 Å². The van der Waals surface area contributed by atoms with Crippen molar-refractivity contribution in [3.63, 3.8) is 0 Å². The van der Waals surface area contributed by atoms with E-state index in [1.807, 2.05) is 12.1 Å². The van der Waals surface area contributed by atoms with E-state index in [2.05, 4.69) is 140 Å². The SMILES string of the molecule is Nc1c(-c2ccccc2-c2ccccc2-c2ccccc2)ccc(-c2ccccc2)c1-c1ccccc1. The Hall–Kier alpha value is -4.88. The van der Waals surface area contributed by atoms with Gasteiger partial charge in [0, 0.05) is 16.8 Å². The van der Waals surface area contributed by atoms with Crippen LogP contribution in [0.25, 0.3) is 55.6 Å².